The van der Waals surface area contributed by atoms with Crippen molar-refractivity contribution in [3.63, 3.8) is 0 Å². The molecule has 0 aromatic heterocycles. The highest BCUT2D eigenvalue weighted by atomic mass is 16.5. The topological polar surface area (TPSA) is 50.4 Å². The van der Waals surface area contributed by atoms with Crippen LogP contribution in [0, 0.1) is 0 Å². The van der Waals surface area contributed by atoms with Crippen molar-refractivity contribution in [2.75, 3.05) is 17.7 Å². The minimum absolute atomic E-state index is 0.112. The van der Waals surface area contributed by atoms with Crippen LogP contribution in [0.2, 0.25) is 0 Å². The molecular formula is C22H22N2O2. The fraction of sp³-hybridized carbons (Fsp3) is 0.136. The van der Waals surface area contributed by atoms with Gasteiger partial charge in [-0.15, -0.1) is 0 Å². The number of hydrogen-bond acceptors (Lipinski definition) is 3. The zero-order chi connectivity index (χ0) is 18.4. The van der Waals surface area contributed by atoms with E-state index in [-0.39, 0.29) is 5.91 Å². The molecule has 0 saturated heterocycles. The molecule has 1 unspecified atom stereocenters. The summed E-state index contributed by atoms with van der Waals surface area (Å²) in [7, 11) is 1.61. The normalized spacial score (nSPS) is 11.5. The minimum atomic E-state index is -0.421. The van der Waals surface area contributed by atoms with Crippen molar-refractivity contribution in [1.29, 1.82) is 0 Å². The van der Waals surface area contributed by atoms with Gasteiger partial charge < -0.3 is 15.4 Å². The van der Waals surface area contributed by atoms with Gasteiger partial charge >= 0.3 is 0 Å². The lowest BCUT2D eigenvalue weighted by Gasteiger charge is -2.18. The van der Waals surface area contributed by atoms with E-state index in [0.29, 0.717) is 5.75 Å². The predicted molar refractivity (Wildman–Crippen MR) is 107 cm³/mol. The molecule has 1 atom stereocenters. The lowest BCUT2D eigenvalue weighted by Crippen LogP contribution is -2.32. The Kier molecular flexibility index (Phi) is 5.54. The van der Waals surface area contributed by atoms with Crippen LogP contribution in [-0.4, -0.2) is 19.1 Å². The molecular weight excluding hydrogens is 324 g/mol. The van der Waals surface area contributed by atoms with Crippen LogP contribution in [-0.2, 0) is 4.79 Å². The highest BCUT2D eigenvalue weighted by molar-refractivity contribution is 5.99. The van der Waals surface area contributed by atoms with Gasteiger partial charge in [-0.3, -0.25) is 4.79 Å². The standard InChI is InChI=1S/C22H22N2O2/c1-16(23-20-14-8-9-15-21(20)26-2)22(25)24-19-13-7-6-12-18(19)17-10-4-3-5-11-17/h3-16,23H,1-2H3,(H,24,25). The summed E-state index contributed by atoms with van der Waals surface area (Å²) in [6.07, 6.45) is 0. The van der Waals surface area contributed by atoms with Gasteiger partial charge in [-0.2, -0.15) is 0 Å². The lowest BCUT2D eigenvalue weighted by molar-refractivity contribution is -0.116. The number of benzene rings is 3. The van der Waals surface area contributed by atoms with Gasteiger partial charge in [-0.25, -0.2) is 0 Å². The van der Waals surface area contributed by atoms with Crippen molar-refractivity contribution >= 4 is 17.3 Å². The summed E-state index contributed by atoms with van der Waals surface area (Å²) in [5.74, 6) is 0.594. The summed E-state index contributed by atoms with van der Waals surface area (Å²) in [6.45, 7) is 1.83. The van der Waals surface area contributed by atoms with Gasteiger partial charge in [0.05, 0.1) is 12.8 Å². The number of nitrogens with one attached hydrogen (secondary N) is 2. The first kappa shape index (κ1) is 17.5. The second-order valence-corrected chi connectivity index (χ2v) is 5.97. The molecule has 2 N–H and O–H groups in total. The molecule has 4 nitrogen and oxygen atoms in total. The van der Waals surface area contributed by atoms with Crippen LogP contribution in [0.25, 0.3) is 11.1 Å². The van der Waals surface area contributed by atoms with Gasteiger partial charge in [0.1, 0.15) is 11.8 Å². The number of amides is 1. The van der Waals surface area contributed by atoms with E-state index in [2.05, 4.69) is 10.6 Å². The fourth-order valence-electron chi connectivity index (χ4n) is 2.77. The monoisotopic (exact) mass is 346 g/mol. The lowest BCUT2D eigenvalue weighted by atomic mass is 10.0. The van der Waals surface area contributed by atoms with Crippen molar-refractivity contribution < 1.29 is 9.53 Å². The van der Waals surface area contributed by atoms with Crippen LogP contribution >= 0.6 is 0 Å². The van der Waals surface area contributed by atoms with E-state index in [9.17, 15) is 4.79 Å². The maximum absolute atomic E-state index is 12.7. The van der Waals surface area contributed by atoms with Gasteiger partial charge in [0.2, 0.25) is 5.91 Å². The Morgan fingerprint density at radius 1 is 0.846 bits per heavy atom. The third-order valence-corrected chi connectivity index (χ3v) is 4.14. The van der Waals surface area contributed by atoms with Crippen LogP contribution in [0.5, 0.6) is 5.75 Å². The van der Waals surface area contributed by atoms with Crippen molar-refractivity contribution in [2.24, 2.45) is 0 Å². The number of anilines is 2. The molecule has 4 heteroatoms. The zero-order valence-electron chi connectivity index (χ0n) is 14.9. The molecule has 3 rings (SSSR count). The second kappa shape index (κ2) is 8.21. The predicted octanol–water partition coefficient (Wildman–Crippen LogP) is 4.80. The molecule has 0 fully saturated rings. The Morgan fingerprint density at radius 3 is 2.19 bits per heavy atom. The third-order valence-electron chi connectivity index (χ3n) is 4.14. The Balaban J connectivity index is 1.76. The molecule has 0 spiro atoms. The van der Waals surface area contributed by atoms with E-state index in [1.165, 1.54) is 0 Å². The Morgan fingerprint density at radius 2 is 1.46 bits per heavy atom. The second-order valence-electron chi connectivity index (χ2n) is 5.97. The number of methoxy groups -OCH3 is 1. The summed E-state index contributed by atoms with van der Waals surface area (Å²) in [4.78, 5) is 12.7. The third kappa shape index (κ3) is 4.03. The van der Waals surface area contributed by atoms with E-state index < -0.39 is 6.04 Å². The highest BCUT2D eigenvalue weighted by Crippen LogP contribution is 2.28. The number of hydrogen-bond donors (Lipinski definition) is 2. The first-order valence-electron chi connectivity index (χ1n) is 8.54. The maximum atomic E-state index is 12.7. The van der Waals surface area contributed by atoms with Gasteiger partial charge in [0.25, 0.3) is 0 Å². The molecule has 0 aliphatic rings. The van der Waals surface area contributed by atoms with Gasteiger partial charge in [0, 0.05) is 11.3 Å². The number of carbonyl (C=O) groups is 1. The van der Waals surface area contributed by atoms with Gasteiger partial charge in [0.15, 0.2) is 0 Å². The largest absolute Gasteiger partial charge is 0.495 e. The Labute approximate surface area is 153 Å². The van der Waals surface area contributed by atoms with Crippen molar-refractivity contribution in [2.45, 2.75) is 13.0 Å². The summed E-state index contributed by atoms with van der Waals surface area (Å²) in [5, 5.41) is 6.23. The molecule has 0 aliphatic heterocycles. The molecule has 0 saturated carbocycles. The number of ether oxygens (including phenoxy) is 1. The van der Waals surface area contributed by atoms with Crippen molar-refractivity contribution in [1.82, 2.24) is 0 Å². The van der Waals surface area contributed by atoms with Crippen LogP contribution < -0.4 is 15.4 Å². The van der Waals surface area contributed by atoms with Crippen LogP contribution in [0.1, 0.15) is 6.92 Å². The quantitative estimate of drug-likeness (QED) is 0.674. The molecule has 132 valence electrons. The molecule has 0 bridgehead atoms. The maximum Gasteiger partial charge on any atom is 0.246 e. The van der Waals surface area contributed by atoms with Crippen molar-refractivity contribution in [3.8, 4) is 16.9 Å². The van der Waals surface area contributed by atoms with Gasteiger partial charge in [-0.05, 0) is 30.7 Å². The molecule has 0 heterocycles. The summed E-state index contributed by atoms with van der Waals surface area (Å²) in [5.41, 5.74) is 3.63. The summed E-state index contributed by atoms with van der Waals surface area (Å²) < 4.78 is 5.33. The van der Waals surface area contributed by atoms with E-state index in [1.807, 2.05) is 85.8 Å². The molecule has 0 aliphatic carbocycles. The fourth-order valence-corrected chi connectivity index (χ4v) is 2.77. The van der Waals surface area contributed by atoms with Crippen LogP contribution in [0.15, 0.2) is 78.9 Å². The summed E-state index contributed by atoms with van der Waals surface area (Å²) >= 11 is 0. The van der Waals surface area contributed by atoms with E-state index in [0.717, 1.165) is 22.5 Å². The van der Waals surface area contributed by atoms with E-state index in [4.69, 9.17) is 4.74 Å². The molecule has 1 amide bonds. The zero-order valence-corrected chi connectivity index (χ0v) is 14.9. The van der Waals surface area contributed by atoms with Crippen LogP contribution in [0.3, 0.4) is 0 Å². The SMILES string of the molecule is COc1ccccc1NC(C)C(=O)Nc1ccccc1-c1ccccc1. The Hall–Kier alpha value is -3.27. The molecule has 3 aromatic rings. The summed E-state index contributed by atoms with van der Waals surface area (Å²) in [6, 6.07) is 24.9. The van der Waals surface area contributed by atoms with Crippen LogP contribution in [0.4, 0.5) is 11.4 Å². The smallest absolute Gasteiger partial charge is 0.246 e. The minimum Gasteiger partial charge on any atom is -0.495 e. The Bertz CT molecular complexity index is 878. The average molecular weight is 346 g/mol. The number of carbonyl (C=O) groups excluding carboxylic acids is 1. The first-order chi connectivity index (χ1) is 12.7. The number of para-hydroxylation sites is 3. The average Bonchev–Trinajstić information content (AvgIpc) is 2.69. The van der Waals surface area contributed by atoms with E-state index in [1.54, 1.807) is 7.11 Å². The van der Waals surface area contributed by atoms with Crippen molar-refractivity contribution in [3.05, 3.63) is 78.9 Å². The molecule has 26 heavy (non-hydrogen) atoms. The first-order valence-corrected chi connectivity index (χ1v) is 8.54. The number of rotatable bonds is 6. The molecule has 3 aromatic carbocycles. The molecule has 0 radical (unpaired) electrons. The highest BCUT2D eigenvalue weighted by Gasteiger charge is 2.16. The van der Waals surface area contributed by atoms with E-state index >= 15 is 0 Å². The van der Waals surface area contributed by atoms with Gasteiger partial charge in [-0.1, -0.05) is 60.7 Å².